The third kappa shape index (κ3) is 2.79. The number of halogens is 1. The van der Waals surface area contributed by atoms with Crippen LogP contribution < -0.4 is 5.56 Å². The second-order valence-corrected chi connectivity index (χ2v) is 7.20. The third-order valence-corrected chi connectivity index (χ3v) is 5.48. The van der Waals surface area contributed by atoms with Crippen LogP contribution >= 0.6 is 0 Å². The van der Waals surface area contributed by atoms with E-state index in [1.165, 1.54) is 16.5 Å². The number of hydrogen-bond acceptors (Lipinski definition) is 4. The molecule has 0 fully saturated rings. The summed E-state index contributed by atoms with van der Waals surface area (Å²) in [6.07, 6.45) is 1.60. The Balaban J connectivity index is 1.43. The number of carbonyl (C=O) groups excluding carboxylic acids is 1. The minimum Gasteiger partial charge on any atom is -0.363 e. The highest BCUT2D eigenvalue weighted by atomic mass is 19.1. The first-order valence-corrected chi connectivity index (χ1v) is 9.27. The van der Waals surface area contributed by atoms with Crippen molar-refractivity contribution in [3.8, 4) is 0 Å². The van der Waals surface area contributed by atoms with Gasteiger partial charge < -0.3 is 9.64 Å². The maximum atomic E-state index is 13.5. The largest absolute Gasteiger partial charge is 0.363 e. The van der Waals surface area contributed by atoms with Crippen LogP contribution in [-0.2, 0) is 35.5 Å². The first-order chi connectivity index (χ1) is 13.6. The number of fused-ring (bicyclic) bond motifs is 3. The van der Waals surface area contributed by atoms with Gasteiger partial charge >= 0.3 is 0 Å². The van der Waals surface area contributed by atoms with Gasteiger partial charge in [-0.15, -0.1) is 0 Å². The van der Waals surface area contributed by atoms with Crippen molar-refractivity contribution in [2.75, 3.05) is 6.54 Å². The number of rotatable bonds is 1. The van der Waals surface area contributed by atoms with E-state index in [4.69, 9.17) is 4.74 Å². The van der Waals surface area contributed by atoms with E-state index < -0.39 is 11.9 Å². The Morgan fingerprint density at radius 3 is 2.86 bits per heavy atom. The zero-order chi connectivity index (χ0) is 19.3. The average Bonchev–Trinajstić information content (AvgIpc) is 2.73. The second kappa shape index (κ2) is 6.53. The van der Waals surface area contributed by atoms with Gasteiger partial charge in [0.15, 0.2) is 0 Å². The fourth-order valence-corrected chi connectivity index (χ4v) is 3.97. The van der Waals surface area contributed by atoms with Crippen LogP contribution in [0.2, 0.25) is 0 Å². The van der Waals surface area contributed by atoms with E-state index in [2.05, 4.69) is 4.98 Å². The number of nitrogens with zero attached hydrogens (tertiary/aromatic N) is 3. The van der Waals surface area contributed by atoms with Gasteiger partial charge in [-0.2, -0.15) is 0 Å². The summed E-state index contributed by atoms with van der Waals surface area (Å²) in [7, 11) is 0. The second-order valence-electron chi connectivity index (χ2n) is 7.20. The summed E-state index contributed by atoms with van der Waals surface area (Å²) >= 11 is 0. The molecule has 3 aromatic rings. The van der Waals surface area contributed by atoms with Gasteiger partial charge in [0.1, 0.15) is 17.6 Å². The van der Waals surface area contributed by atoms with Crippen LogP contribution in [0.1, 0.15) is 22.4 Å². The fourth-order valence-electron chi connectivity index (χ4n) is 3.97. The maximum Gasteiger partial charge on any atom is 0.263 e. The van der Waals surface area contributed by atoms with Crippen LogP contribution in [0.4, 0.5) is 4.39 Å². The molecule has 1 unspecified atom stereocenters. The normalized spacial score (nSPS) is 18.6. The van der Waals surface area contributed by atoms with Crippen molar-refractivity contribution in [1.82, 2.24) is 14.3 Å². The molecule has 1 atom stereocenters. The van der Waals surface area contributed by atoms with E-state index in [0.717, 1.165) is 17.3 Å². The maximum absolute atomic E-state index is 13.5. The molecule has 1 aromatic carbocycles. The van der Waals surface area contributed by atoms with Crippen LogP contribution in [0.15, 0.2) is 47.4 Å². The Hall–Kier alpha value is -3.06. The summed E-state index contributed by atoms with van der Waals surface area (Å²) in [4.78, 5) is 32.0. The van der Waals surface area contributed by atoms with E-state index in [1.807, 2.05) is 24.3 Å². The highest BCUT2D eigenvalue weighted by Crippen LogP contribution is 2.23. The number of benzene rings is 1. The van der Waals surface area contributed by atoms with E-state index >= 15 is 0 Å². The van der Waals surface area contributed by atoms with Crippen LogP contribution in [-0.4, -0.2) is 32.8 Å². The van der Waals surface area contributed by atoms with Gasteiger partial charge in [0, 0.05) is 25.6 Å². The van der Waals surface area contributed by atoms with Crippen molar-refractivity contribution in [3.05, 3.63) is 81.2 Å². The number of pyridine rings is 1. The molecule has 28 heavy (non-hydrogen) atoms. The van der Waals surface area contributed by atoms with Gasteiger partial charge in [-0.25, -0.2) is 9.37 Å². The fraction of sp³-hybridized carbons (Fsp3) is 0.286. The zero-order valence-electron chi connectivity index (χ0n) is 15.1. The van der Waals surface area contributed by atoms with Crippen LogP contribution in [0, 0.1) is 5.82 Å². The van der Waals surface area contributed by atoms with Gasteiger partial charge in [0.2, 0.25) is 0 Å². The lowest BCUT2D eigenvalue weighted by Gasteiger charge is -2.33. The molecule has 1 amide bonds. The molecule has 142 valence electrons. The molecule has 0 N–H and O–H groups in total. The Bertz CT molecular complexity index is 1160. The summed E-state index contributed by atoms with van der Waals surface area (Å²) in [6, 6.07) is 10.7. The Labute approximate surface area is 160 Å². The van der Waals surface area contributed by atoms with Crippen molar-refractivity contribution in [2.45, 2.75) is 32.1 Å². The predicted molar refractivity (Wildman–Crippen MR) is 99.3 cm³/mol. The zero-order valence-corrected chi connectivity index (χ0v) is 15.1. The van der Waals surface area contributed by atoms with E-state index in [1.54, 1.807) is 4.90 Å². The molecule has 4 heterocycles. The molecule has 0 radical (unpaired) electrons. The highest BCUT2D eigenvalue weighted by Gasteiger charge is 2.32. The molecule has 2 aliphatic heterocycles. The smallest absolute Gasteiger partial charge is 0.263 e. The van der Waals surface area contributed by atoms with Crippen molar-refractivity contribution in [1.29, 1.82) is 0 Å². The van der Waals surface area contributed by atoms with Gasteiger partial charge in [0.05, 0.1) is 24.4 Å². The first kappa shape index (κ1) is 17.1. The van der Waals surface area contributed by atoms with Crippen LogP contribution in [0.5, 0.6) is 0 Å². The van der Waals surface area contributed by atoms with Gasteiger partial charge in [-0.3, -0.25) is 14.0 Å². The van der Waals surface area contributed by atoms with E-state index in [-0.39, 0.29) is 18.0 Å². The molecule has 6 nitrogen and oxygen atoms in total. The summed E-state index contributed by atoms with van der Waals surface area (Å²) in [5.74, 6) is -0.627. The molecule has 0 bridgehead atoms. The van der Waals surface area contributed by atoms with Crippen molar-refractivity contribution < 1.29 is 13.9 Å². The molecule has 2 aromatic heterocycles. The lowest BCUT2D eigenvalue weighted by molar-refractivity contribution is -0.146. The molecule has 5 rings (SSSR count). The summed E-state index contributed by atoms with van der Waals surface area (Å²) in [5.41, 5.74) is 3.43. The van der Waals surface area contributed by atoms with Crippen molar-refractivity contribution >= 4 is 11.6 Å². The monoisotopic (exact) mass is 379 g/mol. The quantitative estimate of drug-likeness (QED) is 0.648. The molecule has 0 spiro atoms. The lowest BCUT2D eigenvalue weighted by Crippen LogP contribution is -2.46. The molecule has 7 heteroatoms. The molecular formula is C21H18FN3O3. The Morgan fingerprint density at radius 2 is 2.00 bits per heavy atom. The molecule has 0 aliphatic carbocycles. The van der Waals surface area contributed by atoms with Gasteiger partial charge in [-0.1, -0.05) is 24.3 Å². The summed E-state index contributed by atoms with van der Waals surface area (Å²) in [5, 5.41) is 0. The molecular weight excluding hydrogens is 361 g/mol. The molecule has 2 aliphatic rings. The standard InChI is InChI=1S/C21H18FN3O3/c22-15-5-6-19-23-17-7-8-24(11-16(17)20(26)25(19)10-15)21(27)18-9-13-3-1-2-4-14(13)12-28-18/h1-6,10,18H,7-9,11-12H2. The summed E-state index contributed by atoms with van der Waals surface area (Å²) < 4.78 is 20.5. The summed E-state index contributed by atoms with van der Waals surface area (Å²) in [6.45, 7) is 1.06. The first-order valence-electron chi connectivity index (χ1n) is 9.27. The Morgan fingerprint density at radius 1 is 1.18 bits per heavy atom. The topological polar surface area (TPSA) is 63.9 Å². The van der Waals surface area contributed by atoms with Crippen LogP contribution in [0.25, 0.3) is 5.65 Å². The van der Waals surface area contributed by atoms with E-state index in [0.29, 0.717) is 42.9 Å². The highest BCUT2D eigenvalue weighted by molar-refractivity contribution is 5.82. The molecule has 0 saturated carbocycles. The van der Waals surface area contributed by atoms with Gasteiger partial charge in [0.25, 0.3) is 11.5 Å². The average molecular weight is 379 g/mol. The van der Waals surface area contributed by atoms with E-state index in [9.17, 15) is 14.0 Å². The number of ether oxygens (including phenoxy) is 1. The number of hydrogen-bond donors (Lipinski definition) is 0. The number of aromatic nitrogens is 2. The number of amides is 1. The SMILES string of the molecule is O=C(C1Cc2ccccc2CO1)N1CCc2nc3ccc(F)cn3c(=O)c2C1. The van der Waals surface area contributed by atoms with Crippen molar-refractivity contribution in [2.24, 2.45) is 0 Å². The predicted octanol–water partition coefficient (Wildman–Crippen LogP) is 1.86. The Kier molecular flexibility index (Phi) is 3.98. The third-order valence-electron chi connectivity index (χ3n) is 5.48. The van der Waals surface area contributed by atoms with Crippen LogP contribution in [0.3, 0.4) is 0 Å². The molecule has 0 saturated heterocycles. The minimum atomic E-state index is -0.551. The van der Waals surface area contributed by atoms with Crippen molar-refractivity contribution in [3.63, 3.8) is 0 Å². The minimum absolute atomic E-state index is 0.121. The van der Waals surface area contributed by atoms with Gasteiger partial charge in [-0.05, 0) is 23.3 Å². The lowest BCUT2D eigenvalue weighted by atomic mass is 9.97. The number of carbonyl (C=O) groups is 1.